The summed E-state index contributed by atoms with van der Waals surface area (Å²) in [6.07, 6.45) is 2.90. The summed E-state index contributed by atoms with van der Waals surface area (Å²) in [5.41, 5.74) is 5.55. The molecule has 0 atom stereocenters. The Morgan fingerprint density at radius 2 is 1.88 bits per heavy atom. The number of hydrogen-bond donors (Lipinski definition) is 0. The van der Waals surface area contributed by atoms with E-state index in [2.05, 4.69) is 23.1 Å². The number of carbonyl (C=O) groups is 1. The van der Waals surface area contributed by atoms with Gasteiger partial charge in [-0.25, -0.2) is 4.39 Å². The molecule has 0 saturated heterocycles. The second kappa shape index (κ2) is 8.35. The van der Waals surface area contributed by atoms with Crippen LogP contribution in [0, 0.1) is 12.7 Å². The summed E-state index contributed by atoms with van der Waals surface area (Å²) >= 11 is 0. The molecule has 0 saturated carbocycles. The van der Waals surface area contributed by atoms with E-state index in [-0.39, 0.29) is 11.8 Å². The average molecular weight is 355 g/mol. The third kappa shape index (κ3) is 4.43. The molecule has 26 heavy (non-hydrogen) atoms. The topological polar surface area (TPSA) is 29.5 Å². The molecule has 1 aliphatic rings. The largest absolute Gasteiger partial charge is 0.466 e. The minimum absolute atomic E-state index is 0.149. The molecule has 1 aliphatic heterocycles. The first-order valence-electron chi connectivity index (χ1n) is 9.34. The molecular weight excluding hydrogens is 329 g/mol. The lowest BCUT2D eigenvalue weighted by atomic mass is 9.98. The van der Waals surface area contributed by atoms with Crippen LogP contribution in [0.5, 0.6) is 0 Å². The number of esters is 1. The molecule has 1 heterocycles. The van der Waals surface area contributed by atoms with Gasteiger partial charge < -0.3 is 9.64 Å². The molecule has 0 fully saturated rings. The van der Waals surface area contributed by atoms with Crippen LogP contribution in [0.1, 0.15) is 35.6 Å². The summed E-state index contributed by atoms with van der Waals surface area (Å²) in [4.78, 5) is 13.7. The first kappa shape index (κ1) is 18.4. The Labute approximate surface area is 154 Å². The van der Waals surface area contributed by atoms with Crippen molar-refractivity contribution in [3.63, 3.8) is 0 Å². The molecule has 0 unspecified atom stereocenters. The lowest BCUT2D eigenvalue weighted by Gasteiger charge is -2.23. The molecule has 0 N–H and O–H groups in total. The summed E-state index contributed by atoms with van der Waals surface area (Å²) in [6, 6.07) is 11.7. The van der Waals surface area contributed by atoms with Crippen LogP contribution in [0.3, 0.4) is 0 Å². The maximum atomic E-state index is 14.2. The van der Waals surface area contributed by atoms with E-state index in [4.69, 9.17) is 4.74 Å². The molecule has 2 aromatic carbocycles. The van der Waals surface area contributed by atoms with Crippen molar-refractivity contribution in [2.24, 2.45) is 0 Å². The first-order chi connectivity index (χ1) is 12.6. The smallest absolute Gasteiger partial charge is 0.306 e. The molecule has 0 aromatic heterocycles. The lowest BCUT2D eigenvalue weighted by molar-refractivity contribution is -0.143. The van der Waals surface area contributed by atoms with Gasteiger partial charge >= 0.3 is 5.97 Å². The van der Waals surface area contributed by atoms with E-state index in [0.717, 1.165) is 37.1 Å². The summed E-state index contributed by atoms with van der Waals surface area (Å²) in [5.74, 6) is -0.305. The Bertz CT molecular complexity index is 788. The standard InChI is InChI=1S/C22H26FNO2/c1-3-26-22(25)9-6-17-5-7-18-10-12-24(13-11-19(18)15-17)21-14-16(2)4-8-20(21)23/h4-5,7-8,14-15H,3,6,9-13H2,1-2H3. The van der Waals surface area contributed by atoms with Crippen molar-refractivity contribution in [1.29, 1.82) is 0 Å². The third-order valence-electron chi connectivity index (χ3n) is 4.94. The van der Waals surface area contributed by atoms with Gasteiger partial charge in [0.15, 0.2) is 0 Å². The fourth-order valence-corrected chi connectivity index (χ4v) is 3.52. The summed E-state index contributed by atoms with van der Waals surface area (Å²) in [6.45, 7) is 5.85. The van der Waals surface area contributed by atoms with Gasteiger partial charge in [-0.05, 0) is 67.5 Å². The molecule has 2 aromatic rings. The highest BCUT2D eigenvalue weighted by atomic mass is 19.1. The van der Waals surface area contributed by atoms with Gasteiger partial charge in [-0.1, -0.05) is 24.3 Å². The Morgan fingerprint density at radius 1 is 1.12 bits per heavy atom. The monoisotopic (exact) mass is 355 g/mol. The lowest BCUT2D eigenvalue weighted by Crippen LogP contribution is -2.27. The predicted octanol–water partition coefficient (Wildman–Crippen LogP) is 4.24. The van der Waals surface area contributed by atoms with Gasteiger partial charge in [0.25, 0.3) is 0 Å². The minimum Gasteiger partial charge on any atom is -0.466 e. The number of anilines is 1. The van der Waals surface area contributed by atoms with Gasteiger partial charge in [0, 0.05) is 19.5 Å². The number of aryl methyl sites for hydroxylation is 2. The summed E-state index contributed by atoms with van der Waals surface area (Å²) < 4.78 is 19.2. The zero-order chi connectivity index (χ0) is 18.5. The molecule has 0 radical (unpaired) electrons. The number of carbonyl (C=O) groups excluding carboxylic acids is 1. The van der Waals surface area contributed by atoms with E-state index in [9.17, 15) is 9.18 Å². The highest BCUT2D eigenvalue weighted by Crippen LogP contribution is 2.25. The fourth-order valence-electron chi connectivity index (χ4n) is 3.52. The van der Waals surface area contributed by atoms with Crippen LogP contribution < -0.4 is 4.90 Å². The van der Waals surface area contributed by atoms with E-state index in [1.165, 1.54) is 11.1 Å². The molecule has 138 valence electrons. The second-order valence-electron chi connectivity index (χ2n) is 6.85. The van der Waals surface area contributed by atoms with Crippen LogP contribution in [-0.4, -0.2) is 25.7 Å². The normalized spacial score (nSPS) is 13.9. The molecule has 3 nitrogen and oxygen atoms in total. The number of halogens is 1. The molecule has 3 rings (SSSR count). The Hall–Kier alpha value is -2.36. The van der Waals surface area contributed by atoms with Crippen LogP contribution in [0.4, 0.5) is 10.1 Å². The van der Waals surface area contributed by atoms with E-state index in [0.29, 0.717) is 25.1 Å². The molecule has 0 aliphatic carbocycles. The van der Waals surface area contributed by atoms with Crippen molar-refractivity contribution in [2.75, 3.05) is 24.6 Å². The number of fused-ring (bicyclic) bond motifs is 1. The highest BCUT2D eigenvalue weighted by molar-refractivity contribution is 5.69. The average Bonchev–Trinajstić information content (AvgIpc) is 2.84. The SMILES string of the molecule is CCOC(=O)CCc1ccc2c(c1)CCN(c1cc(C)ccc1F)CC2. The van der Waals surface area contributed by atoms with Gasteiger partial charge in [0.2, 0.25) is 0 Å². The zero-order valence-corrected chi connectivity index (χ0v) is 15.6. The van der Waals surface area contributed by atoms with Gasteiger partial charge in [-0.2, -0.15) is 0 Å². The first-order valence-corrected chi connectivity index (χ1v) is 9.34. The van der Waals surface area contributed by atoms with Crippen LogP contribution >= 0.6 is 0 Å². The molecule has 0 amide bonds. The zero-order valence-electron chi connectivity index (χ0n) is 15.6. The second-order valence-corrected chi connectivity index (χ2v) is 6.85. The maximum absolute atomic E-state index is 14.2. The Kier molecular flexibility index (Phi) is 5.92. The number of hydrogen-bond acceptors (Lipinski definition) is 3. The fraction of sp³-hybridized carbons (Fsp3) is 0.409. The summed E-state index contributed by atoms with van der Waals surface area (Å²) in [7, 11) is 0. The summed E-state index contributed by atoms with van der Waals surface area (Å²) in [5, 5.41) is 0. The number of rotatable bonds is 5. The molecule has 0 spiro atoms. The van der Waals surface area contributed by atoms with Crippen molar-refractivity contribution in [3.8, 4) is 0 Å². The van der Waals surface area contributed by atoms with Gasteiger partial charge in [-0.3, -0.25) is 4.79 Å². The minimum atomic E-state index is -0.156. The predicted molar refractivity (Wildman–Crippen MR) is 102 cm³/mol. The van der Waals surface area contributed by atoms with Crippen molar-refractivity contribution in [2.45, 2.75) is 39.5 Å². The van der Waals surface area contributed by atoms with Gasteiger partial charge in [0.05, 0.1) is 12.3 Å². The van der Waals surface area contributed by atoms with Crippen LogP contribution in [-0.2, 0) is 28.8 Å². The van der Waals surface area contributed by atoms with Crippen molar-refractivity contribution in [3.05, 3.63) is 64.5 Å². The quantitative estimate of drug-likeness (QED) is 0.752. The van der Waals surface area contributed by atoms with Crippen molar-refractivity contribution in [1.82, 2.24) is 0 Å². The molecule has 0 bridgehead atoms. The van der Waals surface area contributed by atoms with E-state index < -0.39 is 0 Å². The molecule has 4 heteroatoms. The van der Waals surface area contributed by atoms with E-state index >= 15 is 0 Å². The van der Waals surface area contributed by atoms with Gasteiger partial charge in [-0.15, -0.1) is 0 Å². The Balaban J connectivity index is 1.69. The Morgan fingerprint density at radius 3 is 2.65 bits per heavy atom. The van der Waals surface area contributed by atoms with Crippen molar-refractivity contribution >= 4 is 11.7 Å². The molecular formula is C22H26FNO2. The van der Waals surface area contributed by atoms with E-state index in [1.54, 1.807) is 12.1 Å². The van der Waals surface area contributed by atoms with E-state index in [1.807, 2.05) is 19.9 Å². The third-order valence-corrected chi connectivity index (χ3v) is 4.94. The van der Waals surface area contributed by atoms with Crippen LogP contribution in [0.25, 0.3) is 0 Å². The number of ether oxygens (including phenoxy) is 1. The van der Waals surface area contributed by atoms with Gasteiger partial charge in [0.1, 0.15) is 5.82 Å². The maximum Gasteiger partial charge on any atom is 0.306 e. The highest BCUT2D eigenvalue weighted by Gasteiger charge is 2.17. The van der Waals surface area contributed by atoms with Crippen LogP contribution in [0.2, 0.25) is 0 Å². The van der Waals surface area contributed by atoms with Crippen LogP contribution in [0.15, 0.2) is 36.4 Å². The number of benzene rings is 2. The number of nitrogens with zero attached hydrogens (tertiary/aromatic N) is 1. The van der Waals surface area contributed by atoms with Crippen molar-refractivity contribution < 1.29 is 13.9 Å².